The second-order valence-electron chi connectivity index (χ2n) is 8.25. The van der Waals surface area contributed by atoms with Gasteiger partial charge in [-0.1, -0.05) is 25.7 Å². The van der Waals surface area contributed by atoms with Crippen LogP contribution in [0.25, 0.3) is 0 Å². The zero-order chi connectivity index (χ0) is 22.3. The number of benzene rings is 1. The summed E-state index contributed by atoms with van der Waals surface area (Å²) in [5.74, 6) is 1.12. The van der Waals surface area contributed by atoms with Crippen LogP contribution in [0.1, 0.15) is 50.5 Å². The number of nitrogens with one attached hydrogen (secondary N) is 1. The zero-order valence-electron chi connectivity index (χ0n) is 20.5. The van der Waals surface area contributed by atoms with E-state index in [9.17, 15) is 0 Å². The van der Waals surface area contributed by atoms with Gasteiger partial charge in [0.15, 0.2) is 5.96 Å². The average molecular weight is 577 g/mol. The molecule has 1 aromatic carbocycles. The van der Waals surface area contributed by atoms with Gasteiger partial charge in [0.05, 0.1) is 6.61 Å². The summed E-state index contributed by atoms with van der Waals surface area (Å²) in [5.41, 5.74) is 16.8. The van der Waals surface area contributed by atoms with Crippen LogP contribution in [0, 0.1) is 5.41 Å². The fourth-order valence-corrected chi connectivity index (χ4v) is 3.81. The monoisotopic (exact) mass is 575 g/mol. The molecule has 2 rings (SSSR count). The lowest BCUT2D eigenvalue weighted by Crippen LogP contribution is -2.46. The molecule has 0 saturated carbocycles. The third-order valence-electron chi connectivity index (χ3n) is 5.69. The number of unbranched alkanes of at least 4 members (excludes halogenated alkanes) is 5. The molecular formula is C23H45Cl4N7O. The van der Waals surface area contributed by atoms with E-state index >= 15 is 0 Å². The number of amidine groups is 1. The zero-order valence-corrected chi connectivity index (χ0v) is 23.8. The van der Waals surface area contributed by atoms with Crippen molar-refractivity contribution in [3.8, 4) is 5.75 Å². The Morgan fingerprint density at radius 3 is 1.74 bits per heavy atom. The Bertz CT molecular complexity index is 668. The van der Waals surface area contributed by atoms with Crippen molar-refractivity contribution in [2.75, 3.05) is 52.4 Å². The number of nitrogens with zero attached hydrogens (tertiary/aromatic N) is 3. The van der Waals surface area contributed by atoms with E-state index in [1.807, 2.05) is 24.3 Å². The Labute approximate surface area is 235 Å². The number of hydrogen-bond acceptors (Lipinski definition) is 5. The van der Waals surface area contributed by atoms with Crippen LogP contribution in [0.5, 0.6) is 5.75 Å². The number of nitrogen functional groups attached to an aromatic ring is 1. The summed E-state index contributed by atoms with van der Waals surface area (Å²) in [6.45, 7) is 8.42. The van der Waals surface area contributed by atoms with E-state index in [4.69, 9.17) is 27.3 Å². The number of guanidine groups is 1. The number of ether oxygens (including phenoxy) is 1. The number of nitrogens with two attached hydrogens (primary N) is 3. The highest BCUT2D eigenvalue weighted by Gasteiger charge is 2.15. The van der Waals surface area contributed by atoms with Gasteiger partial charge in [0.25, 0.3) is 0 Å². The molecule has 0 atom stereocenters. The van der Waals surface area contributed by atoms with E-state index in [-0.39, 0.29) is 61.4 Å². The van der Waals surface area contributed by atoms with Crippen molar-refractivity contribution in [3.05, 3.63) is 29.8 Å². The molecule has 0 amide bonds. The lowest BCUT2D eigenvalue weighted by atomic mass is 10.1. The molecule has 7 N–H and O–H groups in total. The van der Waals surface area contributed by atoms with Crippen LogP contribution in [0.2, 0.25) is 0 Å². The summed E-state index contributed by atoms with van der Waals surface area (Å²) < 4.78 is 5.80. The van der Waals surface area contributed by atoms with Crippen LogP contribution in [0.3, 0.4) is 0 Å². The lowest BCUT2D eigenvalue weighted by molar-refractivity contribution is 0.124. The Morgan fingerprint density at radius 2 is 1.23 bits per heavy atom. The highest BCUT2D eigenvalue weighted by Crippen LogP contribution is 2.13. The first-order chi connectivity index (χ1) is 15.0. The fourth-order valence-electron chi connectivity index (χ4n) is 3.81. The third-order valence-corrected chi connectivity index (χ3v) is 5.69. The van der Waals surface area contributed by atoms with E-state index in [2.05, 4.69) is 14.8 Å². The van der Waals surface area contributed by atoms with Gasteiger partial charge in [-0.25, -0.2) is 0 Å². The van der Waals surface area contributed by atoms with Crippen molar-refractivity contribution in [1.29, 1.82) is 5.41 Å². The maximum Gasteiger partial charge on any atom is 0.185 e. The fraction of sp³-hybridized carbons (Fsp3) is 0.652. The summed E-state index contributed by atoms with van der Waals surface area (Å²) in [6, 6.07) is 7.41. The predicted molar refractivity (Wildman–Crippen MR) is 158 cm³/mol. The minimum atomic E-state index is 0. The van der Waals surface area contributed by atoms with E-state index in [1.54, 1.807) is 0 Å². The molecule has 1 fully saturated rings. The minimum absolute atomic E-state index is 0. The molecule has 1 heterocycles. The molecule has 0 spiro atoms. The van der Waals surface area contributed by atoms with Crippen molar-refractivity contribution in [2.24, 2.45) is 22.2 Å². The number of aliphatic imine (C=N–C) groups is 1. The number of halogens is 4. The molecule has 0 unspecified atom stereocenters. The van der Waals surface area contributed by atoms with E-state index < -0.39 is 0 Å². The van der Waals surface area contributed by atoms with Gasteiger partial charge in [-0.2, -0.15) is 0 Å². The van der Waals surface area contributed by atoms with Gasteiger partial charge < -0.3 is 31.7 Å². The smallest absolute Gasteiger partial charge is 0.185 e. The molecule has 12 heteroatoms. The van der Waals surface area contributed by atoms with Crippen LogP contribution in [0.15, 0.2) is 29.3 Å². The molecule has 1 aromatic rings. The molecule has 1 aliphatic rings. The van der Waals surface area contributed by atoms with Crippen LogP contribution in [0.4, 0.5) is 0 Å². The molecule has 206 valence electrons. The van der Waals surface area contributed by atoms with Crippen molar-refractivity contribution >= 4 is 61.4 Å². The average Bonchev–Trinajstić information content (AvgIpc) is 2.76. The van der Waals surface area contributed by atoms with Crippen LogP contribution >= 0.6 is 49.6 Å². The first kappa shape index (κ1) is 38.4. The Hall–Kier alpha value is -1.16. The standard InChI is InChI=1S/C23H41N7O.4ClH/c24-22(25)20-8-10-21(11-9-20)31-19-7-14-30-17-15-29(16-18-30)13-6-4-2-1-3-5-12-28-23(26)27;;;;/h8-11H,1-7,12-19H2,(H3,24,25)(H4,26,27,28);4*1H. The van der Waals surface area contributed by atoms with Gasteiger partial charge in [0.1, 0.15) is 11.6 Å². The van der Waals surface area contributed by atoms with Crippen LogP contribution in [-0.4, -0.2) is 74.0 Å². The summed E-state index contributed by atoms with van der Waals surface area (Å²) >= 11 is 0. The Balaban J connectivity index is -0.00000256. The quantitative estimate of drug-likeness (QED) is 0.143. The van der Waals surface area contributed by atoms with Gasteiger partial charge in [-0.3, -0.25) is 10.4 Å². The van der Waals surface area contributed by atoms with Crippen LogP contribution in [-0.2, 0) is 0 Å². The SMILES string of the molecule is Cl.Cl.Cl.Cl.N=C(N)c1ccc(OCCCN2CCN(CCCCCCCCN=C(N)N)CC2)cc1. The van der Waals surface area contributed by atoms with E-state index in [0.717, 1.165) is 50.3 Å². The molecule has 1 aliphatic heterocycles. The normalized spacial score (nSPS) is 13.3. The minimum Gasteiger partial charge on any atom is -0.494 e. The predicted octanol–water partition coefficient (Wildman–Crippen LogP) is 3.66. The molecular weight excluding hydrogens is 532 g/mol. The number of hydrogen-bond donors (Lipinski definition) is 4. The van der Waals surface area contributed by atoms with E-state index in [1.165, 1.54) is 51.7 Å². The highest BCUT2D eigenvalue weighted by molar-refractivity contribution is 5.94. The number of rotatable bonds is 15. The summed E-state index contributed by atoms with van der Waals surface area (Å²) in [6.07, 6.45) is 8.50. The molecule has 0 aromatic heterocycles. The van der Waals surface area contributed by atoms with Crippen molar-refractivity contribution in [2.45, 2.75) is 44.9 Å². The molecule has 0 radical (unpaired) electrons. The lowest BCUT2D eigenvalue weighted by Gasteiger charge is -2.34. The largest absolute Gasteiger partial charge is 0.494 e. The first-order valence-corrected chi connectivity index (χ1v) is 11.6. The van der Waals surface area contributed by atoms with Crippen molar-refractivity contribution < 1.29 is 4.74 Å². The van der Waals surface area contributed by atoms with Gasteiger partial charge in [-0.05, 0) is 50.1 Å². The van der Waals surface area contributed by atoms with Gasteiger partial charge in [0.2, 0.25) is 0 Å². The summed E-state index contributed by atoms with van der Waals surface area (Å²) in [7, 11) is 0. The summed E-state index contributed by atoms with van der Waals surface area (Å²) in [4.78, 5) is 9.15. The number of piperazine rings is 1. The maximum absolute atomic E-state index is 7.41. The first-order valence-electron chi connectivity index (χ1n) is 11.6. The van der Waals surface area contributed by atoms with Gasteiger partial charge in [-0.15, -0.1) is 49.6 Å². The van der Waals surface area contributed by atoms with E-state index in [0.29, 0.717) is 6.61 Å². The molecule has 35 heavy (non-hydrogen) atoms. The van der Waals surface area contributed by atoms with Crippen molar-refractivity contribution in [1.82, 2.24) is 9.80 Å². The molecule has 0 aliphatic carbocycles. The second-order valence-corrected chi connectivity index (χ2v) is 8.25. The van der Waals surface area contributed by atoms with Gasteiger partial charge >= 0.3 is 0 Å². The Kier molecular flexibility index (Phi) is 25.5. The molecule has 8 nitrogen and oxygen atoms in total. The second kappa shape index (κ2) is 23.3. The van der Waals surface area contributed by atoms with Crippen molar-refractivity contribution in [3.63, 3.8) is 0 Å². The highest BCUT2D eigenvalue weighted by atomic mass is 35.5. The summed E-state index contributed by atoms with van der Waals surface area (Å²) in [5, 5.41) is 7.41. The molecule has 0 bridgehead atoms. The molecule has 1 saturated heterocycles. The third kappa shape index (κ3) is 17.8. The maximum atomic E-state index is 7.41. The Morgan fingerprint density at radius 1 is 0.743 bits per heavy atom. The van der Waals surface area contributed by atoms with Crippen LogP contribution < -0.4 is 21.9 Å². The van der Waals surface area contributed by atoms with Gasteiger partial charge in [0, 0.05) is 44.8 Å². The topological polar surface area (TPSA) is 130 Å².